The highest BCUT2D eigenvalue weighted by Crippen LogP contribution is 2.39. The zero-order chi connectivity index (χ0) is 16.1. The summed E-state index contributed by atoms with van der Waals surface area (Å²) in [7, 11) is 1.69. The molecular weight excluding hydrogens is 288 g/mol. The molecular formula is C20H22O3. The summed E-state index contributed by atoms with van der Waals surface area (Å²) in [6.07, 6.45) is 3.58. The summed E-state index contributed by atoms with van der Waals surface area (Å²) in [5.41, 5.74) is 1.80. The topological polar surface area (TPSA) is 27.7 Å². The molecule has 0 amide bonds. The van der Waals surface area contributed by atoms with Crippen molar-refractivity contribution in [2.75, 3.05) is 13.7 Å². The summed E-state index contributed by atoms with van der Waals surface area (Å²) in [6, 6.07) is 16.0. The molecule has 1 aliphatic heterocycles. The molecule has 1 heterocycles. The van der Waals surface area contributed by atoms with E-state index in [4.69, 9.17) is 14.2 Å². The molecule has 120 valence electrons. The molecule has 0 fully saturated rings. The Morgan fingerprint density at radius 1 is 1.17 bits per heavy atom. The summed E-state index contributed by atoms with van der Waals surface area (Å²) in [5, 5.41) is 0. The van der Waals surface area contributed by atoms with Gasteiger partial charge < -0.3 is 14.2 Å². The van der Waals surface area contributed by atoms with Crippen molar-refractivity contribution in [1.29, 1.82) is 0 Å². The first-order valence-electron chi connectivity index (χ1n) is 7.86. The van der Waals surface area contributed by atoms with Crippen molar-refractivity contribution < 1.29 is 14.2 Å². The van der Waals surface area contributed by atoms with E-state index in [-0.39, 0.29) is 0 Å². The second kappa shape index (κ2) is 6.88. The number of hydrogen-bond donors (Lipinski definition) is 0. The second-order valence-electron chi connectivity index (χ2n) is 5.79. The molecule has 0 saturated heterocycles. The Balaban J connectivity index is 1.68. The van der Waals surface area contributed by atoms with E-state index in [1.807, 2.05) is 42.5 Å². The lowest BCUT2D eigenvalue weighted by atomic mass is 9.91. The molecule has 0 spiro atoms. The summed E-state index contributed by atoms with van der Waals surface area (Å²) < 4.78 is 17.5. The molecule has 3 nitrogen and oxygen atoms in total. The van der Waals surface area contributed by atoms with Gasteiger partial charge in [-0.1, -0.05) is 43.0 Å². The smallest absolute Gasteiger partial charge is 0.150 e. The van der Waals surface area contributed by atoms with E-state index < -0.39 is 5.60 Å². The fourth-order valence-corrected chi connectivity index (χ4v) is 2.91. The lowest BCUT2D eigenvalue weighted by Gasteiger charge is -2.36. The highest BCUT2D eigenvalue weighted by molar-refractivity contribution is 5.47. The number of benzene rings is 2. The van der Waals surface area contributed by atoms with Gasteiger partial charge in [0.15, 0.2) is 5.60 Å². The number of rotatable bonds is 6. The van der Waals surface area contributed by atoms with Crippen LogP contribution in [0.2, 0.25) is 0 Å². The van der Waals surface area contributed by atoms with Crippen molar-refractivity contribution in [3.05, 3.63) is 72.3 Å². The van der Waals surface area contributed by atoms with Gasteiger partial charge in [0.25, 0.3) is 0 Å². The Morgan fingerprint density at radius 3 is 2.74 bits per heavy atom. The van der Waals surface area contributed by atoms with Crippen LogP contribution in [-0.2, 0) is 17.8 Å². The summed E-state index contributed by atoms with van der Waals surface area (Å²) in [6.45, 7) is 5.02. The third-order valence-electron chi connectivity index (χ3n) is 4.25. The SMILES string of the molecule is C=C[C@]1(COCc2ccccc2)CCc2c(OC)cccc2O1. The summed E-state index contributed by atoms with van der Waals surface area (Å²) in [5.74, 6) is 1.74. The molecule has 2 aromatic rings. The van der Waals surface area contributed by atoms with Crippen LogP contribution in [0.5, 0.6) is 11.5 Å². The van der Waals surface area contributed by atoms with Crippen molar-refractivity contribution in [2.24, 2.45) is 0 Å². The van der Waals surface area contributed by atoms with E-state index >= 15 is 0 Å². The average molecular weight is 310 g/mol. The van der Waals surface area contributed by atoms with Gasteiger partial charge in [0.2, 0.25) is 0 Å². The molecule has 1 atom stereocenters. The fraction of sp³-hybridized carbons (Fsp3) is 0.300. The molecule has 0 aliphatic carbocycles. The van der Waals surface area contributed by atoms with Crippen molar-refractivity contribution in [2.45, 2.75) is 25.0 Å². The molecule has 0 unspecified atom stereocenters. The van der Waals surface area contributed by atoms with Crippen LogP contribution in [0.4, 0.5) is 0 Å². The Morgan fingerprint density at radius 2 is 2.00 bits per heavy atom. The van der Waals surface area contributed by atoms with Crippen molar-refractivity contribution in [1.82, 2.24) is 0 Å². The molecule has 0 saturated carbocycles. The number of methoxy groups -OCH3 is 1. The van der Waals surface area contributed by atoms with E-state index in [2.05, 4.69) is 18.7 Å². The molecule has 3 rings (SSSR count). The second-order valence-corrected chi connectivity index (χ2v) is 5.79. The lowest BCUT2D eigenvalue weighted by molar-refractivity contribution is -0.0149. The first-order valence-corrected chi connectivity index (χ1v) is 7.86. The molecule has 0 radical (unpaired) electrons. The molecule has 23 heavy (non-hydrogen) atoms. The highest BCUT2D eigenvalue weighted by Gasteiger charge is 2.35. The van der Waals surface area contributed by atoms with Gasteiger partial charge in [-0.25, -0.2) is 0 Å². The summed E-state index contributed by atoms with van der Waals surface area (Å²) in [4.78, 5) is 0. The van der Waals surface area contributed by atoms with Crippen LogP contribution in [0.15, 0.2) is 61.2 Å². The van der Waals surface area contributed by atoms with Crippen LogP contribution in [-0.4, -0.2) is 19.3 Å². The normalized spacial score (nSPS) is 19.5. The predicted octanol–water partition coefficient (Wildman–Crippen LogP) is 4.16. The predicted molar refractivity (Wildman–Crippen MR) is 91.0 cm³/mol. The zero-order valence-electron chi connectivity index (χ0n) is 13.5. The van der Waals surface area contributed by atoms with E-state index in [0.717, 1.165) is 35.5 Å². The number of hydrogen-bond acceptors (Lipinski definition) is 3. The van der Waals surface area contributed by atoms with Gasteiger partial charge in [0.1, 0.15) is 11.5 Å². The minimum Gasteiger partial charge on any atom is -0.496 e. The maximum absolute atomic E-state index is 6.23. The van der Waals surface area contributed by atoms with E-state index in [9.17, 15) is 0 Å². The molecule has 0 N–H and O–H groups in total. The third-order valence-corrected chi connectivity index (χ3v) is 4.25. The lowest BCUT2D eigenvalue weighted by Crippen LogP contribution is -2.42. The minimum absolute atomic E-state index is 0.478. The largest absolute Gasteiger partial charge is 0.496 e. The molecule has 0 bridgehead atoms. The maximum atomic E-state index is 6.23. The maximum Gasteiger partial charge on any atom is 0.150 e. The fourth-order valence-electron chi connectivity index (χ4n) is 2.91. The van der Waals surface area contributed by atoms with E-state index in [1.54, 1.807) is 7.11 Å². The average Bonchev–Trinajstić information content (AvgIpc) is 2.62. The molecule has 3 heteroatoms. The van der Waals surface area contributed by atoms with Gasteiger partial charge in [-0.05, 0) is 36.6 Å². The first-order chi connectivity index (χ1) is 11.3. The van der Waals surface area contributed by atoms with E-state index in [0.29, 0.717) is 13.2 Å². The Kier molecular flexibility index (Phi) is 4.68. The van der Waals surface area contributed by atoms with Crippen LogP contribution < -0.4 is 9.47 Å². The highest BCUT2D eigenvalue weighted by atomic mass is 16.5. The van der Waals surface area contributed by atoms with Crippen LogP contribution in [0, 0.1) is 0 Å². The monoisotopic (exact) mass is 310 g/mol. The Bertz CT molecular complexity index is 666. The third kappa shape index (κ3) is 3.40. The van der Waals surface area contributed by atoms with Gasteiger partial charge in [-0.3, -0.25) is 0 Å². The van der Waals surface area contributed by atoms with Crippen LogP contribution in [0.1, 0.15) is 17.5 Å². The molecule has 2 aromatic carbocycles. The van der Waals surface area contributed by atoms with Gasteiger partial charge in [0, 0.05) is 5.56 Å². The Hall–Kier alpha value is -2.26. The van der Waals surface area contributed by atoms with Crippen LogP contribution in [0.25, 0.3) is 0 Å². The van der Waals surface area contributed by atoms with Crippen molar-refractivity contribution >= 4 is 0 Å². The van der Waals surface area contributed by atoms with Crippen LogP contribution >= 0.6 is 0 Å². The molecule has 1 aliphatic rings. The molecule has 0 aromatic heterocycles. The number of fused-ring (bicyclic) bond motifs is 1. The first kappa shape index (κ1) is 15.6. The minimum atomic E-state index is -0.478. The van der Waals surface area contributed by atoms with Crippen molar-refractivity contribution in [3.8, 4) is 11.5 Å². The van der Waals surface area contributed by atoms with Crippen LogP contribution in [0.3, 0.4) is 0 Å². The van der Waals surface area contributed by atoms with Crippen molar-refractivity contribution in [3.63, 3.8) is 0 Å². The van der Waals surface area contributed by atoms with Gasteiger partial charge in [-0.2, -0.15) is 0 Å². The number of ether oxygens (including phenoxy) is 3. The standard InChI is InChI=1S/C20H22O3/c1-3-20(15-22-14-16-8-5-4-6-9-16)13-12-17-18(21-2)10-7-11-19(17)23-20/h3-11H,1,12-15H2,2H3/t20-/m1/s1. The van der Waals surface area contributed by atoms with Gasteiger partial charge in [0.05, 0.1) is 20.3 Å². The quantitative estimate of drug-likeness (QED) is 0.750. The summed E-state index contributed by atoms with van der Waals surface area (Å²) >= 11 is 0. The van der Waals surface area contributed by atoms with Gasteiger partial charge in [-0.15, -0.1) is 0 Å². The van der Waals surface area contributed by atoms with E-state index in [1.165, 1.54) is 0 Å². The van der Waals surface area contributed by atoms with Gasteiger partial charge >= 0.3 is 0 Å². The zero-order valence-corrected chi connectivity index (χ0v) is 13.5. The Labute approximate surface area is 137 Å².